The lowest BCUT2D eigenvalue weighted by molar-refractivity contribution is -0.147. The first-order valence-corrected chi connectivity index (χ1v) is 7.46. The highest BCUT2D eigenvalue weighted by Gasteiger charge is 2.35. The molecule has 1 aliphatic rings. The van der Waals surface area contributed by atoms with Crippen LogP contribution in [0.3, 0.4) is 0 Å². The average Bonchev–Trinajstić information content (AvgIpc) is 2.38. The zero-order valence-electron chi connectivity index (χ0n) is 12.9. The first kappa shape index (κ1) is 16.4. The van der Waals surface area contributed by atoms with Crippen LogP contribution in [0.25, 0.3) is 0 Å². The van der Waals surface area contributed by atoms with Crippen LogP contribution in [0.4, 0.5) is 0 Å². The van der Waals surface area contributed by atoms with Crippen LogP contribution in [0.1, 0.15) is 47.0 Å². The molecule has 1 atom stereocenters. The van der Waals surface area contributed by atoms with E-state index in [-0.39, 0.29) is 11.5 Å². The molecule has 19 heavy (non-hydrogen) atoms. The van der Waals surface area contributed by atoms with Crippen molar-refractivity contribution in [3.05, 3.63) is 0 Å². The first-order valence-electron chi connectivity index (χ1n) is 7.46. The summed E-state index contributed by atoms with van der Waals surface area (Å²) in [5.41, 5.74) is -0.0969. The Labute approximate surface area is 117 Å². The Morgan fingerprint density at radius 2 is 2.00 bits per heavy atom. The normalized spacial score (nSPS) is 20.3. The van der Waals surface area contributed by atoms with Gasteiger partial charge < -0.3 is 9.47 Å². The molecule has 0 N–H and O–H groups in total. The Morgan fingerprint density at radius 3 is 2.53 bits per heavy atom. The van der Waals surface area contributed by atoms with Crippen molar-refractivity contribution in [3.63, 3.8) is 0 Å². The molecule has 1 aliphatic heterocycles. The fraction of sp³-hybridized carbons (Fsp3) is 0.933. The molecule has 1 rings (SSSR count). The number of esters is 1. The Balaban J connectivity index is 2.66. The van der Waals surface area contributed by atoms with Crippen molar-refractivity contribution in [2.45, 2.75) is 52.5 Å². The third-order valence-corrected chi connectivity index (χ3v) is 3.87. The van der Waals surface area contributed by atoms with E-state index in [0.717, 1.165) is 39.1 Å². The molecule has 4 nitrogen and oxygen atoms in total. The van der Waals surface area contributed by atoms with Crippen molar-refractivity contribution in [3.8, 4) is 0 Å². The molecular weight excluding hydrogens is 242 g/mol. The largest absolute Gasteiger partial charge is 0.466 e. The fourth-order valence-electron chi connectivity index (χ4n) is 2.58. The third-order valence-electron chi connectivity index (χ3n) is 3.87. The van der Waals surface area contributed by atoms with E-state index in [1.165, 1.54) is 0 Å². The number of hydrogen-bond donors (Lipinski definition) is 0. The Hall–Kier alpha value is -0.610. The number of nitrogens with zero attached hydrogens (tertiary/aromatic N) is 1. The van der Waals surface area contributed by atoms with Crippen LogP contribution in [0.15, 0.2) is 0 Å². The van der Waals surface area contributed by atoms with Gasteiger partial charge >= 0.3 is 5.97 Å². The van der Waals surface area contributed by atoms with Gasteiger partial charge in [-0.2, -0.15) is 0 Å². The van der Waals surface area contributed by atoms with Gasteiger partial charge in [-0.05, 0) is 32.6 Å². The average molecular weight is 271 g/mol. The van der Waals surface area contributed by atoms with Gasteiger partial charge in [0.25, 0.3) is 0 Å². The van der Waals surface area contributed by atoms with E-state index >= 15 is 0 Å². The maximum atomic E-state index is 11.9. The van der Waals surface area contributed by atoms with Crippen LogP contribution in [0, 0.1) is 5.92 Å². The second kappa shape index (κ2) is 7.85. The van der Waals surface area contributed by atoms with Gasteiger partial charge in [-0.1, -0.05) is 13.8 Å². The van der Waals surface area contributed by atoms with Crippen LogP contribution < -0.4 is 0 Å². The number of morpholine rings is 1. The molecule has 0 bridgehead atoms. The topological polar surface area (TPSA) is 38.8 Å². The molecule has 0 amide bonds. The van der Waals surface area contributed by atoms with Crippen molar-refractivity contribution in [1.82, 2.24) is 4.90 Å². The summed E-state index contributed by atoms with van der Waals surface area (Å²) in [6, 6.07) is 0. The zero-order valence-corrected chi connectivity index (χ0v) is 12.9. The van der Waals surface area contributed by atoms with Crippen LogP contribution in [0.2, 0.25) is 0 Å². The van der Waals surface area contributed by atoms with Gasteiger partial charge in [0.05, 0.1) is 26.2 Å². The number of carbonyl (C=O) groups excluding carboxylic acids is 1. The maximum Gasteiger partial charge on any atom is 0.307 e. The minimum Gasteiger partial charge on any atom is -0.466 e. The maximum absolute atomic E-state index is 11.9. The summed E-state index contributed by atoms with van der Waals surface area (Å²) in [4.78, 5) is 14.3. The highest BCUT2D eigenvalue weighted by molar-refractivity contribution is 5.70. The SMILES string of the molecule is CCOC(=O)CC(C)(CCC(C)C)N1CCOCC1. The zero-order chi connectivity index (χ0) is 14.3. The summed E-state index contributed by atoms with van der Waals surface area (Å²) in [7, 11) is 0. The predicted octanol–water partition coefficient (Wildman–Crippen LogP) is 2.47. The van der Waals surface area contributed by atoms with Crippen LogP contribution in [0.5, 0.6) is 0 Å². The highest BCUT2D eigenvalue weighted by Crippen LogP contribution is 2.28. The van der Waals surface area contributed by atoms with Crippen molar-refractivity contribution in [2.75, 3.05) is 32.9 Å². The molecule has 0 aliphatic carbocycles. The minimum absolute atomic E-state index is 0.0831. The lowest BCUT2D eigenvalue weighted by Gasteiger charge is -2.43. The molecular formula is C15H29NO3. The summed E-state index contributed by atoms with van der Waals surface area (Å²) >= 11 is 0. The smallest absolute Gasteiger partial charge is 0.307 e. The van der Waals surface area contributed by atoms with E-state index in [2.05, 4.69) is 25.7 Å². The summed E-state index contributed by atoms with van der Waals surface area (Å²) in [6.45, 7) is 12.3. The monoisotopic (exact) mass is 271 g/mol. The van der Waals surface area contributed by atoms with E-state index in [0.29, 0.717) is 18.9 Å². The lowest BCUT2D eigenvalue weighted by Crippen LogP contribution is -2.53. The number of hydrogen-bond acceptors (Lipinski definition) is 4. The molecule has 0 aromatic carbocycles. The fourth-order valence-corrected chi connectivity index (χ4v) is 2.58. The van der Waals surface area contributed by atoms with Gasteiger partial charge in [-0.25, -0.2) is 0 Å². The number of rotatable bonds is 7. The molecule has 1 unspecified atom stereocenters. The minimum atomic E-state index is -0.0969. The van der Waals surface area contributed by atoms with Crippen LogP contribution in [-0.4, -0.2) is 49.3 Å². The molecule has 0 aromatic rings. The lowest BCUT2D eigenvalue weighted by atomic mass is 9.86. The van der Waals surface area contributed by atoms with Crippen molar-refractivity contribution < 1.29 is 14.3 Å². The molecule has 1 fully saturated rings. The number of ether oxygens (including phenoxy) is 2. The molecule has 112 valence electrons. The number of carbonyl (C=O) groups is 1. The Morgan fingerprint density at radius 1 is 1.37 bits per heavy atom. The molecule has 4 heteroatoms. The van der Waals surface area contributed by atoms with Crippen molar-refractivity contribution >= 4 is 5.97 Å². The van der Waals surface area contributed by atoms with Crippen LogP contribution >= 0.6 is 0 Å². The third kappa shape index (κ3) is 5.49. The summed E-state index contributed by atoms with van der Waals surface area (Å²) < 4.78 is 10.6. The van der Waals surface area contributed by atoms with Gasteiger partial charge in [0.1, 0.15) is 0 Å². The molecule has 0 radical (unpaired) electrons. The van der Waals surface area contributed by atoms with Crippen molar-refractivity contribution in [2.24, 2.45) is 5.92 Å². The van der Waals surface area contributed by atoms with E-state index in [1.54, 1.807) is 0 Å². The van der Waals surface area contributed by atoms with Gasteiger partial charge in [-0.15, -0.1) is 0 Å². The molecule has 0 saturated carbocycles. The van der Waals surface area contributed by atoms with Crippen molar-refractivity contribution in [1.29, 1.82) is 0 Å². The summed E-state index contributed by atoms with van der Waals surface area (Å²) in [5.74, 6) is 0.572. The van der Waals surface area contributed by atoms with E-state index in [4.69, 9.17) is 9.47 Å². The molecule has 0 spiro atoms. The second-order valence-corrected chi connectivity index (χ2v) is 6.01. The summed E-state index contributed by atoms with van der Waals surface area (Å²) in [6.07, 6.45) is 2.64. The van der Waals surface area contributed by atoms with Gasteiger partial charge in [0, 0.05) is 18.6 Å². The van der Waals surface area contributed by atoms with Gasteiger partial charge in [0.2, 0.25) is 0 Å². The van der Waals surface area contributed by atoms with E-state index in [9.17, 15) is 4.79 Å². The van der Waals surface area contributed by atoms with Crippen LogP contribution in [-0.2, 0) is 14.3 Å². The Bertz CT molecular complexity index is 275. The second-order valence-electron chi connectivity index (χ2n) is 6.01. The van der Waals surface area contributed by atoms with Gasteiger partial charge in [-0.3, -0.25) is 9.69 Å². The Kier molecular flexibility index (Phi) is 6.80. The first-order chi connectivity index (χ1) is 8.98. The molecule has 1 heterocycles. The predicted molar refractivity (Wildman–Crippen MR) is 76.1 cm³/mol. The quantitative estimate of drug-likeness (QED) is 0.667. The van der Waals surface area contributed by atoms with Gasteiger partial charge in [0.15, 0.2) is 0 Å². The molecule has 1 saturated heterocycles. The molecule has 0 aromatic heterocycles. The van der Waals surface area contributed by atoms with E-state index < -0.39 is 0 Å². The standard InChI is InChI=1S/C15H29NO3/c1-5-19-14(17)12-15(4,7-6-13(2)3)16-8-10-18-11-9-16/h13H,5-12H2,1-4H3. The van der Waals surface area contributed by atoms with E-state index in [1.807, 2.05) is 6.92 Å². The highest BCUT2D eigenvalue weighted by atomic mass is 16.5. The summed E-state index contributed by atoms with van der Waals surface area (Å²) in [5, 5.41) is 0.